The molecule has 146 valence electrons. The second kappa shape index (κ2) is 7.46. The average molecular weight is 380 g/mol. The zero-order valence-corrected chi connectivity index (χ0v) is 16.2. The Kier molecular flexibility index (Phi) is 5.23. The minimum Gasteiger partial charge on any atom is -0.481 e. The van der Waals surface area contributed by atoms with Crippen LogP contribution in [0.5, 0.6) is 0 Å². The van der Waals surface area contributed by atoms with Crippen molar-refractivity contribution < 1.29 is 19.5 Å². The highest BCUT2D eigenvalue weighted by Crippen LogP contribution is 2.58. The Labute approximate surface area is 164 Å². The van der Waals surface area contributed by atoms with E-state index < -0.39 is 23.2 Å². The fourth-order valence-corrected chi connectivity index (χ4v) is 3.65. The molecule has 6 heteroatoms. The zero-order chi connectivity index (χ0) is 20.5. The van der Waals surface area contributed by atoms with Gasteiger partial charge in [0.25, 0.3) is 5.91 Å². The second-order valence-electron chi connectivity index (χ2n) is 7.83. The largest absolute Gasteiger partial charge is 0.481 e. The zero-order valence-electron chi connectivity index (χ0n) is 16.2. The van der Waals surface area contributed by atoms with Crippen LogP contribution in [-0.4, -0.2) is 34.8 Å². The molecule has 0 unspecified atom stereocenters. The Bertz CT molecular complexity index is 891. The Morgan fingerprint density at radius 2 is 1.61 bits per heavy atom. The third kappa shape index (κ3) is 3.91. The van der Waals surface area contributed by atoms with E-state index in [1.54, 1.807) is 50.1 Å². The Morgan fingerprint density at radius 3 is 2.14 bits per heavy atom. The first-order chi connectivity index (χ1) is 13.2. The molecule has 6 nitrogen and oxygen atoms in total. The summed E-state index contributed by atoms with van der Waals surface area (Å²) in [5, 5.41) is 12.0. The summed E-state index contributed by atoms with van der Waals surface area (Å²) >= 11 is 0. The Balaban J connectivity index is 1.61. The highest BCUT2D eigenvalue weighted by molar-refractivity contribution is 6.00. The lowest BCUT2D eigenvalue weighted by molar-refractivity contribution is -0.140. The van der Waals surface area contributed by atoms with Crippen molar-refractivity contribution in [2.45, 2.75) is 20.4 Å². The molecule has 0 bridgehead atoms. The maximum absolute atomic E-state index is 12.6. The van der Waals surface area contributed by atoms with Crippen molar-refractivity contribution >= 4 is 23.5 Å². The van der Waals surface area contributed by atoms with Crippen LogP contribution in [0.2, 0.25) is 0 Å². The minimum atomic E-state index is -0.951. The van der Waals surface area contributed by atoms with E-state index in [9.17, 15) is 19.5 Å². The van der Waals surface area contributed by atoms with Crippen LogP contribution in [0, 0.1) is 17.3 Å². The predicted molar refractivity (Wildman–Crippen MR) is 106 cm³/mol. The SMILES string of the molecule is CN(Cc1ccccc1)C(=O)c1ccc(NC(=O)[C@@H]2[C@@H](C(=O)O)C2(C)C)cc1. The predicted octanol–water partition coefficient (Wildman–Crippen LogP) is 3.25. The van der Waals surface area contributed by atoms with Gasteiger partial charge in [-0.25, -0.2) is 0 Å². The van der Waals surface area contributed by atoms with Crippen molar-refractivity contribution in [3.63, 3.8) is 0 Å². The molecule has 1 fully saturated rings. The summed E-state index contributed by atoms with van der Waals surface area (Å²) in [5.41, 5.74) is 1.55. The molecule has 2 aromatic carbocycles. The van der Waals surface area contributed by atoms with Gasteiger partial charge in [0.2, 0.25) is 5.91 Å². The van der Waals surface area contributed by atoms with Crippen molar-refractivity contribution in [3.8, 4) is 0 Å². The van der Waals surface area contributed by atoms with Gasteiger partial charge in [-0.15, -0.1) is 0 Å². The molecule has 0 spiro atoms. The van der Waals surface area contributed by atoms with Gasteiger partial charge in [-0.05, 0) is 35.2 Å². The molecular formula is C22H24N2O4. The van der Waals surface area contributed by atoms with Crippen LogP contribution in [0.1, 0.15) is 29.8 Å². The molecule has 28 heavy (non-hydrogen) atoms. The van der Waals surface area contributed by atoms with Crippen LogP contribution in [-0.2, 0) is 16.1 Å². The number of hydrogen-bond donors (Lipinski definition) is 2. The van der Waals surface area contributed by atoms with Crippen molar-refractivity contribution in [3.05, 3.63) is 65.7 Å². The molecule has 2 amide bonds. The lowest BCUT2D eigenvalue weighted by Crippen LogP contribution is -2.26. The number of aliphatic carboxylic acids is 1. The van der Waals surface area contributed by atoms with Crippen LogP contribution >= 0.6 is 0 Å². The molecule has 0 saturated heterocycles. The van der Waals surface area contributed by atoms with Crippen molar-refractivity contribution in [2.24, 2.45) is 17.3 Å². The first kappa shape index (κ1) is 19.6. The summed E-state index contributed by atoms with van der Waals surface area (Å²) in [6.45, 7) is 4.06. The quantitative estimate of drug-likeness (QED) is 0.805. The van der Waals surface area contributed by atoms with Crippen LogP contribution in [0.3, 0.4) is 0 Å². The van der Waals surface area contributed by atoms with Gasteiger partial charge in [-0.2, -0.15) is 0 Å². The molecule has 2 atom stereocenters. The third-order valence-corrected chi connectivity index (χ3v) is 5.38. The van der Waals surface area contributed by atoms with E-state index in [-0.39, 0.29) is 11.8 Å². The molecular weight excluding hydrogens is 356 g/mol. The van der Waals surface area contributed by atoms with Crippen LogP contribution in [0.15, 0.2) is 54.6 Å². The van der Waals surface area contributed by atoms with E-state index >= 15 is 0 Å². The lowest BCUT2D eigenvalue weighted by Gasteiger charge is -2.17. The number of benzene rings is 2. The Hall–Kier alpha value is -3.15. The Morgan fingerprint density at radius 1 is 1.00 bits per heavy atom. The van der Waals surface area contributed by atoms with Crippen LogP contribution in [0.25, 0.3) is 0 Å². The van der Waals surface area contributed by atoms with Gasteiger partial charge in [0.05, 0.1) is 11.8 Å². The normalized spacial score (nSPS) is 19.5. The molecule has 0 aromatic heterocycles. The van der Waals surface area contributed by atoms with Crippen molar-refractivity contribution in [1.82, 2.24) is 4.90 Å². The van der Waals surface area contributed by atoms with Gasteiger partial charge in [-0.3, -0.25) is 14.4 Å². The number of nitrogens with one attached hydrogen (secondary N) is 1. The fourth-order valence-electron chi connectivity index (χ4n) is 3.65. The number of nitrogens with zero attached hydrogens (tertiary/aromatic N) is 1. The van der Waals surface area contributed by atoms with Crippen LogP contribution < -0.4 is 5.32 Å². The first-order valence-electron chi connectivity index (χ1n) is 9.15. The standard InChI is InChI=1S/C22H24N2O4/c1-22(2)17(18(22)21(27)28)19(25)23-16-11-9-15(10-12-16)20(26)24(3)13-14-7-5-4-6-8-14/h4-12,17-18H,13H2,1-3H3,(H,23,25)(H,27,28)/t17-,18-/m0/s1. The van der Waals surface area contributed by atoms with E-state index in [1.165, 1.54) is 0 Å². The van der Waals surface area contributed by atoms with E-state index in [0.29, 0.717) is 17.8 Å². The molecule has 1 aliphatic carbocycles. The summed E-state index contributed by atoms with van der Waals surface area (Å²) < 4.78 is 0. The maximum atomic E-state index is 12.6. The smallest absolute Gasteiger partial charge is 0.307 e. The van der Waals surface area contributed by atoms with E-state index in [0.717, 1.165) is 5.56 Å². The number of rotatable bonds is 6. The molecule has 0 aliphatic heterocycles. The summed E-state index contributed by atoms with van der Waals surface area (Å²) in [5.74, 6) is -2.59. The average Bonchev–Trinajstić information content (AvgIpc) is 3.25. The number of carbonyl (C=O) groups is 3. The molecule has 0 radical (unpaired) electrons. The highest BCUT2D eigenvalue weighted by Gasteiger charge is 2.65. The summed E-state index contributed by atoms with van der Waals surface area (Å²) in [6, 6.07) is 16.4. The second-order valence-corrected chi connectivity index (χ2v) is 7.83. The fraction of sp³-hybridized carbons (Fsp3) is 0.318. The van der Waals surface area contributed by atoms with Crippen LogP contribution in [0.4, 0.5) is 5.69 Å². The first-order valence-corrected chi connectivity index (χ1v) is 9.15. The summed E-state index contributed by atoms with van der Waals surface area (Å²) in [7, 11) is 1.74. The number of hydrogen-bond acceptors (Lipinski definition) is 3. The minimum absolute atomic E-state index is 0.115. The van der Waals surface area contributed by atoms with E-state index in [4.69, 9.17) is 0 Å². The van der Waals surface area contributed by atoms with Crippen molar-refractivity contribution in [1.29, 1.82) is 0 Å². The molecule has 2 aromatic rings. The highest BCUT2D eigenvalue weighted by atomic mass is 16.4. The van der Waals surface area contributed by atoms with Crippen molar-refractivity contribution in [2.75, 3.05) is 12.4 Å². The third-order valence-electron chi connectivity index (χ3n) is 5.38. The van der Waals surface area contributed by atoms with Gasteiger partial charge in [0, 0.05) is 24.8 Å². The van der Waals surface area contributed by atoms with Gasteiger partial charge < -0.3 is 15.3 Å². The number of carboxylic acid groups (broad SMARTS) is 1. The monoisotopic (exact) mass is 380 g/mol. The van der Waals surface area contributed by atoms with Gasteiger partial charge in [-0.1, -0.05) is 44.2 Å². The molecule has 2 N–H and O–H groups in total. The maximum Gasteiger partial charge on any atom is 0.307 e. The van der Waals surface area contributed by atoms with E-state index in [2.05, 4.69) is 5.32 Å². The lowest BCUT2D eigenvalue weighted by atomic mass is 10.1. The summed E-state index contributed by atoms with van der Waals surface area (Å²) in [6.07, 6.45) is 0. The summed E-state index contributed by atoms with van der Waals surface area (Å²) in [4.78, 5) is 37.8. The van der Waals surface area contributed by atoms with E-state index in [1.807, 2.05) is 30.3 Å². The van der Waals surface area contributed by atoms with Gasteiger partial charge >= 0.3 is 5.97 Å². The molecule has 1 aliphatic rings. The number of anilines is 1. The topological polar surface area (TPSA) is 86.7 Å². The van der Waals surface area contributed by atoms with Gasteiger partial charge in [0.15, 0.2) is 0 Å². The van der Waals surface area contributed by atoms with Gasteiger partial charge in [0.1, 0.15) is 0 Å². The molecule has 0 heterocycles. The number of amides is 2. The molecule has 3 rings (SSSR count). The number of carboxylic acids is 1. The molecule has 1 saturated carbocycles. The number of carbonyl (C=O) groups excluding carboxylic acids is 2.